The molecule has 1 saturated heterocycles. The number of hydrogen-bond acceptors (Lipinski definition) is 5. The topological polar surface area (TPSA) is 57.5 Å². The highest BCUT2D eigenvalue weighted by Gasteiger charge is 2.30. The second-order valence-electron chi connectivity index (χ2n) is 9.15. The molecule has 0 aromatic heterocycles. The van der Waals surface area contributed by atoms with Crippen molar-refractivity contribution in [3.8, 4) is 6.07 Å². The average Bonchev–Trinajstić information content (AvgIpc) is 2.87. The summed E-state index contributed by atoms with van der Waals surface area (Å²) in [6.45, 7) is 5.82. The molecule has 3 aliphatic rings. The molecule has 0 spiro atoms. The van der Waals surface area contributed by atoms with Crippen molar-refractivity contribution in [2.24, 2.45) is 0 Å². The number of rotatable bonds is 4. The zero-order chi connectivity index (χ0) is 24.5. The van der Waals surface area contributed by atoms with E-state index in [1.165, 1.54) is 0 Å². The lowest BCUT2D eigenvalue weighted by molar-refractivity contribution is -0.00520. The fourth-order valence-corrected chi connectivity index (χ4v) is 5.44. The minimum atomic E-state index is -0.0438. The Bertz CT molecular complexity index is 1290. The number of anilines is 1. The van der Waals surface area contributed by atoms with Gasteiger partial charge in [-0.1, -0.05) is 48.0 Å². The number of halogens is 1. The third-order valence-electron chi connectivity index (χ3n) is 6.65. The number of methoxy groups -OCH3 is 1. The number of ether oxygens (including phenoxy) is 2. The highest BCUT2D eigenvalue weighted by atomic mass is 35.5. The fraction of sp³-hybridized carbons (Fsp3) is 0.276. The number of benzene rings is 2. The van der Waals surface area contributed by atoms with Gasteiger partial charge in [0.15, 0.2) is 0 Å². The summed E-state index contributed by atoms with van der Waals surface area (Å²) in [6, 6.07) is 16.0. The highest BCUT2D eigenvalue weighted by molar-refractivity contribution is 6.33. The van der Waals surface area contributed by atoms with E-state index in [4.69, 9.17) is 26.3 Å². The summed E-state index contributed by atoms with van der Waals surface area (Å²) in [5.41, 5.74) is 6.87. The Morgan fingerprint density at radius 3 is 2.46 bits per heavy atom. The number of allylic oxidation sites excluding steroid dienone is 3. The summed E-state index contributed by atoms with van der Waals surface area (Å²) < 4.78 is 11.8. The van der Waals surface area contributed by atoms with E-state index < -0.39 is 0 Å². The molecule has 2 heterocycles. The van der Waals surface area contributed by atoms with Gasteiger partial charge in [-0.3, -0.25) is 0 Å². The van der Waals surface area contributed by atoms with Gasteiger partial charge in [0.05, 0.1) is 47.7 Å². The third-order valence-corrected chi connectivity index (χ3v) is 6.95. The first-order valence-electron chi connectivity index (χ1n) is 11.8. The first-order chi connectivity index (χ1) is 17.0. The molecule has 35 heavy (non-hydrogen) atoms. The van der Waals surface area contributed by atoms with Crippen LogP contribution < -0.4 is 10.2 Å². The SMILES string of the molecule is COC1=C2C=CC=C(c3ccc(C#N)cc3)C2NC=C1c1ccc(N2CC(C)OC(C)C2)c(Cl)c1. The molecule has 5 rings (SSSR count). The lowest BCUT2D eigenvalue weighted by Crippen LogP contribution is -2.45. The quantitative estimate of drug-likeness (QED) is 0.602. The number of nitrogens with zero attached hydrogens (tertiary/aromatic N) is 2. The molecule has 1 N–H and O–H groups in total. The van der Waals surface area contributed by atoms with Crippen molar-refractivity contribution in [1.29, 1.82) is 5.26 Å². The predicted octanol–water partition coefficient (Wildman–Crippen LogP) is 5.69. The molecule has 0 radical (unpaired) electrons. The zero-order valence-corrected chi connectivity index (χ0v) is 20.8. The van der Waals surface area contributed by atoms with E-state index in [0.717, 1.165) is 52.4 Å². The van der Waals surface area contributed by atoms with Gasteiger partial charge < -0.3 is 19.7 Å². The van der Waals surface area contributed by atoms with Crippen LogP contribution in [-0.4, -0.2) is 38.4 Å². The van der Waals surface area contributed by atoms with E-state index in [9.17, 15) is 0 Å². The Labute approximate surface area is 211 Å². The van der Waals surface area contributed by atoms with E-state index in [0.29, 0.717) is 10.6 Å². The molecule has 0 amide bonds. The lowest BCUT2D eigenvalue weighted by atomic mass is 9.84. The Hall–Kier alpha value is -3.46. The normalized spacial score (nSPS) is 23.6. The molecule has 0 saturated carbocycles. The zero-order valence-electron chi connectivity index (χ0n) is 20.1. The molecule has 0 bridgehead atoms. The predicted molar refractivity (Wildman–Crippen MR) is 141 cm³/mol. The summed E-state index contributed by atoms with van der Waals surface area (Å²) in [5, 5.41) is 13.4. The standard InChI is InChI=1S/C29H28ClN3O2/c1-18-16-33(17-19(2)35-18)27-12-11-22(13-26(27)30)25-15-32-28-23(5-4-6-24(28)29(25)34-3)21-9-7-20(14-31)8-10-21/h4-13,15,18-19,28,32H,16-17H2,1-3H3. The molecule has 2 aliphatic heterocycles. The highest BCUT2D eigenvalue weighted by Crippen LogP contribution is 2.39. The number of nitriles is 1. The van der Waals surface area contributed by atoms with E-state index in [-0.39, 0.29) is 18.2 Å². The maximum atomic E-state index is 9.13. The molecular weight excluding hydrogens is 458 g/mol. The van der Waals surface area contributed by atoms with Crippen molar-refractivity contribution >= 4 is 28.4 Å². The van der Waals surface area contributed by atoms with E-state index in [2.05, 4.69) is 54.4 Å². The minimum absolute atomic E-state index is 0.0438. The Kier molecular flexibility index (Phi) is 6.42. The van der Waals surface area contributed by atoms with Crippen LogP contribution in [-0.2, 0) is 9.47 Å². The molecular formula is C29H28ClN3O2. The van der Waals surface area contributed by atoms with Crippen molar-refractivity contribution in [2.45, 2.75) is 32.1 Å². The molecule has 5 nitrogen and oxygen atoms in total. The van der Waals surface area contributed by atoms with Gasteiger partial charge in [0.2, 0.25) is 0 Å². The van der Waals surface area contributed by atoms with Crippen LogP contribution in [0.4, 0.5) is 5.69 Å². The monoisotopic (exact) mass is 485 g/mol. The summed E-state index contributed by atoms with van der Waals surface area (Å²) >= 11 is 6.80. The van der Waals surface area contributed by atoms with Crippen molar-refractivity contribution < 1.29 is 9.47 Å². The number of nitrogens with one attached hydrogen (secondary N) is 1. The average molecular weight is 486 g/mol. The maximum absolute atomic E-state index is 9.13. The summed E-state index contributed by atoms with van der Waals surface area (Å²) in [5.74, 6) is 0.821. The van der Waals surface area contributed by atoms with Crippen LogP contribution in [0.1, 0.15) is 30.5 Å². The van der Waals surface area contributed by atoms with Gasteiger partial charge in [-0.15, -0.1) is 0 Å². The number of hydrogen-bond donors (Lipinski definition) is 1. The minimum Gasteiger partial charge on any atom is -0.496 e. The van der Waals surface area contributed by atoms with Crippen molar-refractivity contribution in [1.82, 2.24) is 5.32 Å². The molecule has 3 atom stereocenters. The molecule has 1 aliphatic carbocycles. The molecule has 2 aromatic rings. The van der Waals surface area contributed by atoms with E-state index >= 15 is 0 Å². The Balaban J connectivity index is 1.44. The van der Waals surface area contributed by atoms with Crippen LogP contribution in [0.5, 0.6) is 0 Å². The van der Waals surface area contributed by atoms with Crippen LogP contribution in [0.3, 0.4) is 0 Å². The van der Waals surface area contributed by atoms with Crippen LogP contribution >= 0.6 is 11.6 Å². The number of fused-ring (bicyclic) bond motifs is 1. The van der Waals surface area contributed by atoms with E-state index in [1.54, 1.807) is 7.11 Å². The van der Waals surface area contributed by atoms with Gasteiger partial charge in [0, 0.05) is 30.4 Å². The first kappa shape index (κ1) is 23.3. The van der Waals surface area contributed by atoms with Crippen LogP contribution in [0.15, 0.2) is 78.2 Å². The van der Waals surface area contributed by atoms with Gasteiger partial charge in [-0.05, 0) is 54.8 Å². The molecule has 178 valence electrons. The summed E-state index contributed by atoms with van der Waals surface area (Å²) in [7, 11) is 1.71. The number of morpholine rings is 1. The molecule has 3 unspecified atom stereocenters. The third kappa shape index (κ3) is 4.48. The first-order valence-corrected chi connectivity index (χ1v) is 12.2. The Morgan fingerprint density at radius 1 is 1.09 bits per heavy atom. The number of dihydropyridines is 1. The lowest BCUT2D eigenvalue weighted by Gasteiger charge is -2.37. The van der Waals surface area contributed by atoms with Gasteiger partial charge in [-0.2, -0.15) is 5.26 Å². The largest absolute Gasteiger partial charge is 0.496 e. The summed E-state index contributed by atoms with van der Waals surface area (Å²) in [6.07, 6.45) is 8.57. The van der Waals surface area contributed by atoms with Crippen molar-refractivity contribution in [3.05, 3.63) is 99.9 Å². The summed E-state index contributed by atoms with van der Waals surface area (Å²) in [4.78, 5) is 2.29. The van der Waals surface area contributed by atoms with E-state index in [1.807, 2.05) is 42.6 Å². The molecule has 6 heteroatoms. The van der Waals surface area contributed by atoms with Gasteiger partial charge in [0.25, 0.3) is 0 Å². The second kappa shape index (κ2) is 9.65. The van der Waals surface area contributed by atoms with Crippen molar-refractivity contribution in [3.63, 3.8) is 0 Å². The van der Waals surface area contributed by atoms with Gasteiger partial charge in [-0.25, -0.2) is 0 Å². The fourth-order valence-electron chi connectivity index (χ4n) is 5.14. The molecule has 1 fully saturated rings. The van der Waals surface area contributed by atoms with Gasteiger partial charge >= 0.3 is 0 Å². The van der Waals surface area contributed by atoms with Crippen molar-refractivity contribution in [2.75, 3.05) is 25.1 Å². The van der Waals surface area contributed by atoms with Crippen LogP contribution in [0, 0.1) is 11.3 Å². The van der Waals surface area contributed by atoms with Gasteiger partial charge in [0.1, 0.15) is 5.76 Å². The smallest absolute Gasteiger partial charge is 0.133 e. The Morgan fingerprint density at radius 2 is 1.80 bits per heavy atom. The second-order valence-corrected chi connectivity index (χ2v) is 9.55. The maximum Gasteiger partial charge on any atom is 0.133 e. The molecule has 2 aromatic carbocycles. The van der Waals surface area contributed by atoms with Crippen LogP contribution in [0.2, 0.25) is 5.02 Å². The van der Waals surface area contributed by atoms with Crippen LogP contribution in [0.25, 0.3) is 11.1 Å².